The molecule has 118 valence electrons. The largest absolute Gasteiger partial charge is 0.388 e. The van der Waals surface area contributed by atoms with E-state index in [0.717, 1.165) is 31.6 Å². The molecule has 3 N–H and O–H groups in total. The summed E-state index contributed by atoms with van der Waals surface area (Å²) in [6.45, 7) is 6.82. The fraction of sp³-hybridized carbons (Fsp3) is 0.933. The Labute approximate surface area is 123 Å². The number of sulfone groups is 1. The van der Waals surface area contributed by atoms with E-state index < -0.39 is 9.84 Å². The highest BCUT2D eigenvalue weighted by Gasteiger charge is 2.31. The molecular weight excluding hydrogens is 272 g/mol. The van der Waals surface area contributed by atoms with Crippen LogP contribution in [0.15, 0.2) is 0 Å². The van der Waals surface area contributed by atoms with Crippen molar-refractivity contribution in [2.75, 3.05) is 11.5 Å². The molecule has 0 aromatic carbocycles. The number of rotatable bonds is 6. The Kier molecular flexibility index (Phi) is 6.05. The zero-order valence-electron chi connectivity index (χ0n) is 13.1. The van der Waals surface area contributed by atoms with Crippen LogP contribution in [0.3, 0.4) is 0 Å². The topological polar surface area (TPSA) is 84.0 Å². The first-order valence-electron chi connectivity index (χ1n) is 7.63. The van der Waals surface area contributed by atoms with Gasteiger partial charge in [-0.3, -0.25) is 5.41 Å². The van der Waals surface area contributed by atoms with Crippen molar-refractivity contribution in [1.82, 2.24) is 0 Å². The van der Waals surface area contributed by atoms with Gasteiger partial charge in [0.1, 0.15) is 0 Å². The Hall–Kier alpha value is -0.580. The molecule has 1 aliphatic rings. The van der Waals surface area contributed by atoms with E-state index in [2.05, 4.69) is 20.8 Å². The summed E-state index contributed by atoms with van der Waals surface area (Å²) in [6.07, 6.45) is 5.24. The molecule has 0 aliphatic heterocycles. The number of amidine groups is 1. The summed E-state index contributed by atoms with van der Waals surface area (Å²) in [5, 5.41) is 7.12. The molecular formula is C15H30N2O2S. The summed E-state index contributed by atoms with van der Waals surface area (Å²) in [7, 11) is -2.98. The summed E-state index contributed by atoms with van der Waals surface area (Å²) in [5.74, 6) is 1.62. The van der Waals surface area contributed by atoms with Gasteiger partial charge >= 0.3 is 0 Å². The minimum Gasteiger partial charge on any atom is -0.388 e. The maximum atomic E-state index is 12.0. The van der Waals surface area contributed by atoms with Crippen LogP contribution in [0.25, 0.3) is 0 Å². The first-order valence-corrected chi connectivity index (χ1v) is 9.45. The van der Waals surface area contributed by atoms with Crippen LogP contribution in [-0.2, 0) is 9.84 Å². The molecule has 0 amide bonds. The lowest BCUT2D eigenvalue weighted by molar-refractivity contribution is 0.156. The van der Waals surface area contributed by atoms with Crippen LogP contribution in [0, 0.1) is 22.7 Å². The number of hydrogen-bond donors (Lipinski definition) is 2. The lowest BCUT2D eigenvalue weighted by atomic mass is 9.70. The quantitative estimate of drug-likeness (QED) is 0.584. The van der Waals surface area contributed by atoms with Gasteiger partial charge in [-0.05, 0) is 49.4 Å². The molecule has 0 radical (unpaired) electrons. The zero-order valence-corrected chi connectivity index (χ0v) is 13.9. The van der Waals surface area contributed by atoms with Gasteiger partial charge in [0.2, 0.25) is 0 Å². The van der Waals surface area contributed by atoms with Crippen LogP contribution >= 0.6 is 0 Å². The number of nitrogens with one attached hydrogen (secondary N) is 1. The predicted molar refractivity (Wildman–Crippen MR) is 84.7 cm³/mol. The standard InChI is InChI=1S/C15H30N2O2S/c1-15(2,3)13-8-6-12(7-9-13)11-20(18,19)10-4-5-14(16)17/h12-13H,4-11H2,1-3H3,(H3,16,17). The van der Waals surface area contributed by atoms with Crippen molar-refractivity contribution in [2.24, 2.45) is 23.0 Å². The highest BCUT2D eigenvalue weighted by molar-refractivity contribution is 7.91. The summed E-state index contributed by atoms with van der Waals surface area (Å²) < 4.78 is 24.1. The van der Waals surface area contributed by atoms with E-state index in [1.165, 1.54) is 0 Å². The van der Waals surface area contributed by atoms with Crippen LogP contribution in [-0.4, -0.2) is 25.8 Å². The molecule has 0 aromatic rings. The molecule has 1 fully saturated rings. The minimum absolute atomic E-state index is 0.0749. The second-order valence-electron chi connectivity index (χ2n) is 7.33. The van der Waals surface area contributed by atoms with Gasteiger partial charge in [0.15, 0.2) is 9.84 Å². The van der Waals surface area contributed by atoms with Gasteiger partial charge < -0.3 is 5.73 Å². The van der Waals surface area contributed by atoms with Crippen molar-refractivity contribution in [3.05, 3.63) is 0 Å². The number of hydrogen-bond acceptors (Lipinski definition) is 3. The van der Waals surface area contributed by atoms with Gasteiger partial charge in [-0.25, -0.2) is 8.42 Å². The maximum Gasteiger partial charge on any atom is 0.150 e. The van der Waals surface area contributed by atoms with Crippen molar-refractivity contribution in [3.63, 3.8) is 0 Å². The first-order chi connectivity index (χ1) is 9.10. The van der Waals surface area contributed by atoms with Crippen LogP contribution in [0.2, 0.25) is 0 Å². The van der Waals surface area contributed by atoms with Gasteiger partial charge in [0.05, 0.1) is 17.3 Å². The SMILES string of the molecule is CC(C)(C)C1CCC(CS(=O)(=O)CCCC(=N)N)CC1. The van der Waals surface area contributed by atoms with E-state index in [9.17, 15) is 8.42 Å². The molecule has 0 atom stereocenters. The maximum absolute atomic E-state index is 12.0. The van der Waals surface area contributed by atoms with Crippen molar-refractivity contribution < 1.29 is 8.42 Å². The third-order valence-corrected chi connectivity index (χ3v) is 6.35. The average Bonchev–Trinajstić information content (AvgIpc) is 2.26. The minimum atomic E-state index is -2.98. The Morgan fingerprint density at radius 2 is 1.75 bits per heavy atom. The van der Waals surface area contributed by atoms with Gasteiger partial charge in [-0.1, -0.05) is 20.8 Å². The fourth-order valence-electron chi connectivity index (χ4n) is 3.12. The molecule has 0 heterocycles. The molecule has 0 bridgehead atoms. The molecule has 0 saturated heterocycles. The van der Waals surface area contributed by atoms with Crippen LogP contribution in [0.4, 0.5) is 0 Å². The van der Waals surface area contributed by atoms with Crippen LogP contribution in [0.1, 0.15) is 59.3 Å². The van der Waals surface area contributed by atoms with Gasteiger partial charge in [-0.15, -0.1) is 0 Å². The monoisotopic (exact) mass is 302 g/mol. The summed E-state index contributed by atoms with van der Waals surface area (Å²) in [4.78, 5) is 0. The van der Waals surface area contributed by atoms with Crippen molar-refractivity contribution in [1.29, 1.82) is 5.41 Å². The lowest BCUT2D eigenvalue weighted by Crippen LogP contribution is -2.29. The lowest BCUT2D eigenvalue weighted by Gasteiger charge is -2.36. The Morgan fingerprint density at radius 3 is 2.20 bits per heavy atom. The Morgan fingerprint density at radius 1 is 1.20 bits per heavy atom. The van der Waals surface area contributed by atoms with E-state index in [1.54, 1.807) is 0 Å². The Balaban J connectivity index is 2.37. The molecule has 0 spiro atoms. The second kappa shape index (κ2) is 6.92. The highest BCUT2D eigenvalue weighted by Crippen LogP contribution is 2.40. The molecule has 20 heavy (non-hydrogen) atoms. The molecule has 1 rings (SSSR count). The number of nitrogens with two attached hydrogens (primary N) is 1. The Bertz CT molecular complexity index is 416. The molecule has 1 aliphatic carbocycles. The van der Waals surface area contributed by atoms with Crippen LogP contribution < -0.4 is 5.73 Å². The third kappa shape index (κ3) is 6.25. The third-order valence-electron chi connectivity index (χ3n) is 4.46. The van der Waals surface area contributed by atoms with E-state index in [1.807, 2.05) is 0 Å². The van der Waals surface area contributed by atoms with E-state index in [0.29, 0.717) is 29.9 Å². The van der Waals surface area contributed by atoms with Crippen molar-refractivity contribution >= 4 is 15.7 Å². The predicted octanol–water partition coefficient (Wildman–Crippen LogP) is 2.97. The fourth-order valence-corrected chi connectivity index (χ4v) is 4.92. The zero-order chi connectivity index (χ0) is 15.4. The molecule has 4 nitrogen and oxygen atoms in total. The summed E-state index contributed by atoms with van der Waals surface area (Å²) in [6, 6.07) is 0. The van der Waals surface area contributed by atoms with Gasteiger partial charge in [-0.2, -0.15) is 0 Å². The average molecular weight is 302 g/mol. The second-order valence-corrected chi connectivity index (χ2v) is 9.56. The van der Waals surface area contributed by atoms with Crippen LogP contribution in [0.5, 0.6) is 0 Å². The molecule has 0 unspecified atom stereocenters. The molecule has 5 heteroatoms. The highest BCUT2D eigenvalue weighted by atomic mass is 32.2. The normalized spacial score (nSPS) is 24.6. The van der Waals surface area contributed by atoms with E-state index in [-0.39, 0.29) is 11.6 Å². The first kappa shape index (κ1) is 17.5. The van der Waals surface area contributed by atoms with Gasteiger partial charge in [0.25, 0.3) is 0 Å². The summed E-state index contributed by atoms with van der Waals surface area (Å²) in [5.41, 5.74) is 5.59. The van der Waals surface area contributed by atoms with Crippen molar-refractivity contribution in [3.8, 4) is 0 Å². The van der Waals surface area contributed by atoms with Crippen molar-refractivity contribution in [2.45, 2.75) is 59.3 Å². The van der Waals surface area contributed by atoms with E-state index in [4.69, 9.17) is 11.1 Å². The molecule has 1 saturated carbocycles. The van der Waals surface area contributed by atoms with Gasteiger partial charge in [0, 0.05) is 6.42 Å². The molecule has 0 aromatic heterocycles. The summed E-state index contributed by atoms with van der Waals surface area (Å²) >= 11 is 0. The smallest absolute Gasteiger partial charge is 0.150 e. The van der Waals surface area contributed by atoms with E-state index >= 15 is 0 Å².